The molecule has 0 atom stereocenters. The van der Waals surface area contributed by atoms with Gasteiger partial charge in [-0.25, -0.2) is 0 Å². The molecule has 0 amide bonds. The van der Waals surface area contributed by atoms with Crippen molar-refractivity contribution in [1.29, 1.82) is 0 Å². The van der Waals surface area contributed by atoms with Crippen molar-refractivity contribution in [1.82, 2.24) is 0 Å². The van der Waals surface area contributed by atoms with Gasteiger partial charge < -0.3 is 0 Å². The Labute approximate surface area is 249 Å². The number of benzene rings is 9. The molecule has 0 spiro atoms. The zero-order valence-corrected chi connectivity index (χ0v) is 23.8. The smallest absolute Gasteiger partial charge is 0.000696 e. The van der Waals surface area contributed by atoms with E-state index in [9.17, 15) is 0 Å². The summed E-state index contributed by atoms with van der Waals surface area (Å²) in [5.74, 6) is 0. The Bertz CT molecular complexity index is 2590. The first-order valence-corrected chi connectivity index (χ1v) is 15.1. The molecule has 0 heterocycles. The molecule has 0 bridgehead atoms. The molecule has 10 rings (SSSR count). The summed E-state index contributed by atoms with van der Waals surface area (Å²) in [5.41, 5.74) is 11.9. The van der Waals surface area contributed by atoms with Gasteiger partial charge in [0.1, 0.15) is 0 Å². The first-order chi connectivity index (χ1) is 21.3. The molecular formula is C43H26. The van der Waals surface area contributed by atoms with Gasteiger partial charge in [-0.1, -0.05) is 140 Å². The van der Waals surface area contributed by atoms with E-state index in [-0.39, 0.29) is 0 Å². The van der Waals surface area contributed by atoms with Crippen LogP contribution in [0.1, 0.15) is 5.56 Å². The lowest BCUT2D eigenvalue weighted by molar-refractivity contribution is 1.55. The predicted molar refractivity (Wildman–Crippen MR) is 185 cm³/mol. The van der Waals surface area contributed by atoms with Gasteiger partial charge in [-0.05, 0) is 111 Å². The average molecular weight is 543 g/mol. The van der Waals surface area contributed by atoms with Crippen molar-refractivity contribution in [3.8, 4) is 44.5 Å². The van der Waals surface area contributed by atoms with Crippen LogP contribution in [0, 0.1) is 6.92 Å². The third kappa shape index (κ3) is 2.90. The minimum atomic E-state index is 1.26. The van der Waals surface area contributed by atoms with E-state index < -0.39 is 0 Å². The van der Waals surface area contributed by atoms with Crippen molar-refractivity contribution in [2.45, 2.75) is 6.92 Å². The monoisotopic (exact) mass is 542 g/mol. The van der Waals surface area contributed by atoms with Crippen LogP contribution in [0.2, 0.25) is 0 Å². The van der Waals surface area contributed by atoms with Gasteiger partial charge >= 0.3 is 0 Å². The summed E-state index contributed by atoms with van der Waals surface area (Å²) in [5, 5.41) is 13.5. The van der Waals surface area contributed by atoms with Gasteiger partial charge in [-0.15, -0.1) is 0 Å². The largest absolute Gasteiger partial charge is 0.0622 e. The van der Waals surface area contributed by atoms with Gasteiger partial charge in [-0.2, -0.15) is 0 Å². The number of hydrogen-bond donors (Lipinski definition) is 0. The zero-order chi connectivity index (χ0) is 28.2. The highest BCUT2D eigenvalue weighted by Gasteiger charge is 2.31. The molecule has 0 aromatic heterocycles. The van der Waals surface area contributed by atoms with Crippen molar-refractivity contribution < 1.29 is 0 Å². The van der Waals surface area contributed by atoms with Crippen molar-refractivity contribution in [2.24, 2.45) is 0 Å². The number of fused-ring (bicyclic) bond motifs is 6. The Balaban J connectivity index is 1.50. The second kappa shape index (κ2) is 8.31. The van der Waals surface area contributed by atoms with Crippen molar-refractivity contribution in [3.63, 3.8) is 0 Å². The van der Waals surface area contributed by atoms with Crippen LogP contribution in [0.5, 0.6) is 0 Å². The van der Waals surface area contributed by atoms with E-state index in [2.05, 4.69) is 146 Å². The highest BCUT2D eigenvalue weighted by molar-refractivity contribution is 6.41. The molecule has 0 aliphatic heterocycles. The third-order valence-electron chi connectivity index (χ3n) is 9.88. The van der Waals surface area contributed by atoms with Crippen molar-refractivity contribution >= 4 is 53.9 Å². The lowest BCUT2D eigenvalue weighted by atomic mass is 9.80. The summed E-state index contributed by atoms with van der Waals surface area (Å²) in [6, 6.07) is 52.0. The molecule has 43 heavy (non-hydrogen) atoms. The third-order valence-corrected chi connectivity index (χ3v) is 9.88. The van der Waals surface area contributed by atoms with Crippen LogP contribution in [0.3, 0.4) is 0 Å². The number of hydrogen-bond acceptors (Lipinski definition) is 0. The molecule has 0 radical (unpaired) electrons. The summed E-state index contributed by atoms with van der Waals surface area (Å²) in [6.45, 7) is 2.24. The van der Waals surface area contributed by atoms with E-state index in [4.69, 9.17) is 0 Å². The van der Waals surface area contributed by atoms with Crippen LogP contribution in [-0.4, -0.2) is 0 Å². The van der Waals surface area contributed by atoms with Crippen LogP contribution < -0.4 is 0 Å². The molecule has 1 aliphatic carbocycles. The Morgan fingerprint density at radius 1 is 0.279 bits per heavy atom. The first-order valence-electron chi connectivity index (χ1n) is 15.1. The summed E-state index contributed by atoms with van der Waals surface area (Å²) < 4.78 is 0. The van der Waals surface area contributed by atoms with E-state index in [1.54, 1.807) is 0 Å². The molecule has 0 saturated carbocycles. The van der Waals surface area contributed by atoms with E-state index in [1.165, 1.54) is 104 Å². The van der Waals surface area contributed by atoms with E-state index in [1.807, 2.05) is 0 Å². The normalized spacial score (nSPS) is 12.3. The molecule has 0 saturated heterocycles. The molecule has 0 fully saturated rings. The second-order valence-corrected chi connectivity index (χ2v) is 12.0. The van der Waals surface area contributed by atoms with E-state index in [0.717, 1.165) is 0 Å². The summed E-state index contributed by atoms with van der Waals surface area (Å²) in [4.78, 5) is 0. The average Bonchev–Trinajstić information content (AvgIpc) is 3.40. The van der Waals surface area contributed by atoms with Crippen molar-refractivity contribution in [3.05, 3.63) is 145 Å². The molecule has 0 nitrogen and oxygen atoms in total. The number of rotatable bonds is 2. The van der Waals surface area contributed by atoms with Gasteiger partial charge in [0.15, 0.2) is 0 Å². The SMILES string of the molecule is Cc1ccc2c3c4c(c(-c5ccccc5)c5cccc(c6cccc1c62)c53)-c1ccc(-c2ccccc2)c2cccc-4c12. The lowest BCUT2D eigenvalue weighted by Crippen LogP contribution is -1.94. The molecule has 0 heteroatoms. The predicted octanol–water partition coefficient (Wildman–Crippen LogP) is 12.2. The highest BCUT2D eigenvalue weighted by atomic mass is 14.3. The lowest BCUT2D eigenvalue weighted by Gasteiger charge is -2.22. The Morgan fingerprint density at radius 2 is 0.884 bits per heavy atom. The quantitative estimate of drug-likeness (QED) is 0.150. The van der Waals surface area contributed by atoms with E-state index in [0.29, 0.717) is 0 Å². The number of aryl methyl sites for hydroxylation is 1. The Hall–Kier alpha value is -5.46. The van der Waals surface area contributed by atoms with Gasteiger partial charge in [0, 0.05) is 0 Å². The minimum Gasteiger partial charge on any atom is -0.0622 e. The van der Waals surface area contributed by atoms with Gasteiger partial charge in [0.25, 0.3) is 0 Å². The maximum atomic E-state index is 2.39. The maximum Gasteiger partial charge on any atom is -0.000696 e. The minimum absolute atomic E-state index is 1.26. The van der Waals surface area contributed by atoms with Gasteiger partial charge in [-0.3, -0.25) is 0 Å². The molecule has 198 valence electrons. The van der Waals surface area contributed by atoms with Crippen LogP contribution in [0.25, 0.3) is 98.4 Å². The fourth-order valence-electron chi connectivity index (χ4n) is 8.15. The van der Waals surface area contributed by atoms with Crippen molar-refractivity contribution in [2.75, 3.05) is 0 Å². The fraction of sp³-hybridized carbons (Fsp3) is 0.0233. The zero-order valence-electron chi connectivity index (χ0n) is 23.8. The van der Waals surface area contributed by atoms with Crippen LogP contribution in [0.15, 0.2) is 140 Å². The Kier molecular flexibility index (Phi) is 4.47. The molecule has 1 aliphatic rings. The van der Waals surface area contributed by atoms with Gasteiger partial charge in [0.05, 0.1) is 0 Å². The van der Waals surface area contributed by atoms with Gasteiger partial charge in [0.2, 0.25) is 0 Å². The highest BCUT2D eigenvalue weighted by Crippen LogP contribution is 2.59. The Morgan fingerprint density at radius 3 is 1.67 bits per heavy atom. The molecule has 0 N–H and O–H groups in total. The molecule has 9 aromatic carbocycles. The summed E-state index contributed by atoms with van der Waals surface area (Å²) in [6.07, 6.45) is 0. The second-order valence-electron chi connectivity index (χ2n) is 12.0. The van der Waals surface area contributed by atoms with Crippen LogP contribution in [0.4, 0.5) is 0 Å². The van der Waals surface area contributed by atoms with E-state index >= 15 is 0 Å². The summed E-state index contributed by atoms with van der Waals surface area (Å²) >= 11 is 0. The molecule has 9 aromatic rings. The fourth-order valence-corrected chi connectivity index (χ4v) is 8.15. The topological polar surface area (TPSA) is 0 Å². The van der Waals surface area contributed by atoms with Crippen LogP contribution >= 0.6 is 0 Å². The van der Waals surface area contributed by atoms with Crippen LogP contribution in [-0.2, 0) is 0 Å². The standard InChI is InChI=1S/C43H26/c1-25-21-22-35-38-28(25)15-8-17-31(38)32-18-10-19-33-37(27-13-6-3-7-14-27)41-36-24-23-29(26-11-4-2-5-12-26)30-16-9-20-34(39(30)36)43(41)42(35)40(32)33/h2-24H,1H3. The maximum absolute atomic E-state index is 2.39. The molecule has 0 unspecified atom stereocenters. The summed E-state index contributed by atoms with van der Waals surface area (Å²) in [7, 11) is 0. The molecular weight excluding hydrogens is 516 g/mol. The first kappa shape index (κ1) is 23.1.